The van der Waals surface area contributed by atoms with Gasteiger partial charge in [0.2, 0.25) is 5.91 Å². The Morgan fingerprint density at radius 2 is 2.32 bits per heavy atom. The predicted molar refractivity (Wildman–Crippen MR) is 75.7 cm³/mol. The summed E-state index contributed by atoms with van der Waals surface area (Å²) < 4.78 is 0. The lowest BCUT2D eigenvalue weighted by atomic mass is 9.84. The topological polar surface area (TPSA) is 80.9 Å². The molecule has 0 bridgehead atoms. The largest absolute Gasteiger partial charge is 0.368 e. The van der Waals surface area contributed by atoms with Gasteiger partial charge in [-0.2, -0.15) is 0 Å². The van der Waals surface area contributed by atoms with E-state index in [1.54, 1.807) is 30.2 Å². The highest BCUT2D eigenvalue weighted by Gasteiger charge is 2.45. The zero-order chi connectivity index (χ0) is 13.7. The van der Waals surface area contributed by atoms with Crippen molar-refractivity contribution in [1.29, 1.82) is 0 Å². The van der Waals surface area contributed by atoms with Crippen LogP contribution < -0.4 is 11.1 Å². The number of hydrogen-bond donors (Lipinski definition) is 2. The number of nitrogens with one attached hydrogen (secondary N) is 1. The van der Waals surface area contributed by atoms with E-state index < -0.39 is 5.54 Å². The van der Waals surface area contributed by atoms with Crippen molar-refractivity contribution in [3.8, 4) is 0 Å². The van der Waals surface area contributed by atoms with Crippen molar-refractivity contribution in [2.75, 3.05) is 12.8 Å². The Balaban J connectivity index is 1.90. The molecule has 1 aliphatic rings. The van der Waals surface area contributed by atoms with Crippen molar-refractivity contribution >= 4 is 17.7 Å². The van der Waals surface area contributed by atoms with Crippen LogP contribution in [0.5, 0.6) is 0 Å². The molecule has 1 fully saturated rings. The van der Waals surface area contributed by atoms with Gasteiger partial charge in [0.15, 0.2) is 5.16 Å². The molecule has 0 aromatic carbocycles. The number of carbonyl (C=O) groups excluding carboxylic acids is 1. The predicted octanol–water partition coefficient (Wildman–Crippen LogP) is 1.20. The maximum absolute atomic E-state index is 11.7. The van der Waals surface area contributed by atoms with E-state index in [1.807, 2.05) is 7.05 Å². The van der Waals surface area contributed by atoms with Gasteiger partial charge in [-0.1, -0.05) is 18.2 Å². The minimum atomic E-state index is -0.516. The van der Waals surface area contributed by atoms with Gasteiger partial charge in [0.25, 0.3) is 0 Å². The molecular weight excluding hydrogens is 260 g/mol. The first-order chi connectivity index (χ1) is 9.19. The second-order valence-electron chi connectivity index (χ2n) is 4.84. The number of likely N-dealkylation sites (N-methyl/N-ethyl adjacent to an activating group) is 1. The van der Waals surface area contributed by atoms with Crippen LogP contribution in [0.15, 0.2) is 23.6 Å². The summed E-state index contributed by atoms with van der Waals surface area (Å²) in [5, 5.41) is 3.95. The molecule has 2 atom stereocenters. The molecule has 2 unspecified atom stereocenters. The summed E-state index contributed by atoms with van der Waals surface area (Å²) >= 11 is 1.63. The number of nitrogens with zero attached hydrogens (tertiary/aromatic N) is 2. The molecule has 1 amide bonds. The van der Waals surface area contributed by atoms with Crippen LogP contribution >= 0.6 is 11.8 Å². The summed E-state index contributed by atoms with van der Waals surface area (Å²) in [7, 11) is 1.83. The number of amides is 1. The maximum Gasteiger partial charge on any atom is 0.238 e. The normalized spacial score (nSPS) is 26.5. The van der Waals surface area contributed by atoms with E-state index in [-0.39, 0.29) is 5.91 Å². The van der Waals surface area contributed by atoms with Crippen molar-refractivity contribution in [2.45, 2.75) is 36.4 Å². The lowest BCUT2D eigenvalue weighted by Crippen LogP contribution is -2.56. The second-order valence-corrected chi connectivity index (χ2v) is 5.91. The highest BCUT2D eigenvalue weighted by molar-refractivity contribution is 7.99. The molecule has 5 nitrogen and oxygen atoms in total. The summed E-state index contributed by atoms with van der Waals surface area (Å²) in [6.45, 7) is 0. The van der Waals surface area contributed by atoms with E-state index in [1.165, 1.54) is 0 Å². The molecule has 104 valence electrons. The number of carbonyl (C=O) groups is 1. The summed E-state index contributed by atoms with van der Waals surface area (Å²) in [6.07, 6.45) is 7.39. The van der Waals surface area contributed by atoms with E-state index in [2.05, 4.69) is 15.3 Å². The van der Waals surface area contributed by atoms with E-state index in [4.69, 9.17) is 5.73 Å². The Hall–Kier alpha value is -1.14. The molecule has 6 heteroatoms. The van der Waals surface area contributed by atoms with Gasteiger partial charge in [0, 0.05) is 18.1 Å². The lowest BCUT2D eigenvalue weighted by Gasteiger charge is -2.32. The molecule has 1 aliphatic carbocycles. The third kappa shape index (κ3) is 3.06. The first-order valence-electron chi connectivity index (χ1n) is 6.57. The van der Waals surface area contributed by atoms with Gasteiger partial charge in [-0.05, 0) is 38.3 Å². The summed E-state index contributed by atoms with van der Waals surface area (Å²) in [5.41, 5.74) is 5.07. The number of thioether (sulfide) groups is 1. The number of nitrogens with two attached hydrogens (primary N) is 1. The summed E-state index contributed by atoms with van der Waals surface area (Å²) in [6, 6.07) is 1.81. The number of rotatable bonds is 6. The molecule has 1 aromatic rings. The molecule has 0 saturated heterocycles. The van der Waals surface area contributed by atoms with Crippen LogP contribution in [0, 0.1) is 5.92 Å². The Morgan fingerprint density at radius 1 is 1.58 bits per heavy atom. The van der Waals surface area contributed by atoms with E-state index in [9.17, 15) is 4.79 Å². The molecule has 0 aliphatic heterocycles. The molecule has 1 saturated carbocycles. The third-order valence-corrected chi connectivity index (χ3v) is 4.85. The molecular formula is C13H20N4OS. The third-order valence-electron chi connectivity index (χ3n) is 3.95. The van der Waals surface area contributed by atoms with Crippen LogP contribution in [0.25, 0.3) is 0 Å². The molecule has 1 heterocycles. The minimum absolute atomic E-state index is 0.224. The molecule has 0 radical (unpaired) electrons. The average molecular weight is 280 g/mol. The molecule has 0 spiro atoms. The smallest absolute Gasteiger partial charge is 0.238 e. The molecule has 19 heavy (non-hydrogen) atoms. The van der Waals surface area contributed by atoms with Gasteiger partial charge in [-0.25, -0.2) is 9.97 Å². The lowest BCUT2D eigenvalue weighted by molar-refractivity contribution is -0.125. The SMILES string of the molecule is CNC1(C(N)=O)CCCC1CCSc1ncccn1. The van der Waals surface area contributed by atoms with E-state index in [0.29, 0.717) is 5.92 Å². The zero-order valence-electron chi connectivity index (χ0n) is 11.1. The van der Waals surface area contributed by atoms with E-state index >= 15 is 0 Å². The van der Waals surface area contributed by atoms with Crippen LogP contribution in [0.4, 0.5) is 0 Å². The van der Waals surface area contributed by atoms with Crippen LogP contribution in [-0.4, -0.2) is 34.2 Å². The first-order valence-corrected chi connectivity index (χ1v) is 7.56. The quantitative estimate of drug-likeness (QED) is 0.604. The molecule has 3 N–H and O–H groups in total. The van der Waals surface area contributed by atoms with E-state index in [0.717, 1.165) is 36.6 Å². The van der Waals surface area contributed by atoms with Gasteiger partial charge < -0.3 is 11.1 Å². The number of primary amides is 1. The zero-order valence-corrected chi connectivity index (χ0v) is 11.9. The Labute approximate surface area is 117 Å². The fourth-order valence-electron chi connectivity index (χ4n) is 2.90. The van der Waals surface area contributed by atoms with Crippen LogP contribution in [0.1, 0.15) is 25.7 Å². The van der Waals surface area contributed by atoms with Crippen molar-refractivity contribution in [1.82, 2.24) is 15.3 Å². The molecule has 2 rings (SSSR count). The summed E-state index contributed by atoms with van der Waals surface area (Å²) in [5.74, 6) is 0.996. The minimum Gasteiger partial charge on any atom is -0.368 e. The monoisotopic (exact) mass is 280 g/mol. The second kappa shape index (κ2) is 6.34. The fraction of sp³-hybridized carbons (Fsp3) is 0.615. The van der Waals surface area contributed by atoms with Gasteiger partial charge >= 0.3 is 0 Å². The van der Waals surface area contributed by atoms with Crippen LogP contribution in [0.3, 0.4) is 0 Å². The van der Waals surface area contributed by atoms with Gasteiger partial charge in [-0.15, -0.1) is 0 Å². The first kappa shape index (κ1) is 14.3. The number of hydrogen-bond acceptors (Lipinski definition) is 5. The average Bonchev–Trinajstić information content (AvgIpc) is 2.84. The highest BCUT2D eigenvalue weighted by Crippen LogP contribution is 2.38. The van der Waals surface area contributed by atoms with Crippen molar-refractivity contribution in [2.24, 2.45) is 11.7 Å². The van der Waals surface area contributed by atoms with Crippen LogP contribution in [0.2, 0.25) is 0 Å². The Morgan fingerprint density at radius 3 is 2.95 bits per heavy atom. The van der Waals surface area contributed by atoms with Gasteiger partial charge in [-0.3, -0.25) is 4.79 Å². The number of aromatic nitrogens is 2. The van der Waals surface area contributed by atoms with Gasteiger partial charge in [0.1, 0.15) is 5.54 Å². The fourth-order valence-corrected chi connectivity index (χ4v) is 3.75. The Kier molecular flexibility index (Phi) is 4.76. The van der Waals surface area contributed by atoms with Gasteiger partial charge in [0.05, 0.1) is 0 Å². The Bertz CT molecular complexity index is 428. The standard InChI is InChI=1S/C13H20N4OS/c1-15-13(11(14)18)6-2-4-10(13)5-9-19-12-16-7-3-8-17-12/h3,7-8,10,15H,2,4-6,9H2,1H3,(H2,14,18). The highest BCUT2D eigenvalue weighted by atomic mass is 32.2. The van der Waals surface area contributed by atoms with Crippen molar-refractivity contribution in [3.63, 3.8) is 0 Å². The maximum atomic E-state index is 11.7. The van der Waals surface area contributed by atoms with Crippen molar-refractivity contribution < 1.29 is 4.79 Å². The molecule has 1 aromatic heterocycles. The van der Waals surface area contributed by atoms with Crippen molar-refractivity contribution in [3.05, 3.63) is 18.5 Å². The summed E-state index contributed by atoms with van der Waals surface area (Å²) in [4.78, 5) is 20.1. The van der Waals surface area contributed by atoms with Crippen LogP contribution in [-0.2, 0) is 4.79 Å².